The van der Waals surface area contributed by atoms with Crippen molar-refractivity contribution in [1.82, 2.24) is 9.55 Å². The van der Waals surface area contributed by atoms with Crippen LogP contribution in [-0.4, -0.2) is 9.55 Å². The van der Waals surface area contributed by atoms with E-state index in [1.807, 2.05) is 67.6 Å². The first kappa shape index (κ1) is 19.4. The molecule has 0 fully saturated rings. The molecule has 4 rings (SSSR count). The molecule has 4 aromatic rings. The molecule has 0 radical (unpaired) electrons. The Morgan fingerprint density at radius 1 is 0.793 bits per heavy atom. The van der Waals surface area contributed by atoms with E-state index in [1.165, 1.54) is 0 Å². The minimum Gasteiger partial charge on any atom is -0.293 e. The Morgan fingerprint density at radius 3 is 1.90 bits per heavy atom. The summed E-state index contributed by atoms with van der Waals surface area (Å²) in [7, 11) is -1.18. The highest BCUT2D eigenvalue weighted by atomic mass is 31.1. The minimum absolute atomic E-state index is 0.171. The Morgan fingerprint density at radius 2 is 1.34 bits per heavy atom. The van der Waals surface area contributed by atoms with Crippen molar-refractivity contribution in [2.24, 2.45) is 0 Å². The number of halogens is 3. The Labute approximate surface area is 168 Å². The molecule has 0 N–H and O–H groups in total. The molecule has 2 nitrogen and oxygen atoms in total. The maximum atomic E-state index is 14.7. The van der Waals surface area contributed by atoms with Gasteiger partial charge in [0.15, 0.2) is 11.6 Å². The summed E-state index contributed by atoms with van der Waals surface area (Å²) in [6, 6.07) is 21.1. The number of hydrogen-bond acceptors (Lipinski definition) is 1. The fourth-order valence-corrected chi connectivity index (χ4v) is 5.68. The molecule has 6 heteroatoms. The van der Waals surface area contributed by atoms with Gasteiger partial charge in [-0.15, -0.1) is 0 Å². The van der Waals surface area contributed by atoms with Gasteiger partial charge in [-0.3, -0.25) is 4.57 Å². The zero-order chi connectivity index (χ0) is 20.5. The lowest BCUT2D eigenvalue weighted by Gasteiger charge is -2.21. The normalized spacial score (nSPS) is 11.2. The van der Waals surface area contributed by atoms with Crippen LogP contribution in [0.1, 0.15) is 11.4 Å². The SMILES string of the molecule is Cc1nc(P(c2ccccc2)c2ccccc2)n(-c2cc(F)cc(F)c2F)c1C. The van der Waals surface area contributed by atoms with Gasteiger partial charge in [-0.05, 0) is 24.5 Å². The number of nitrogens with zero attached hydrogens (tertiary/aromatic N) is 2. The van der Waals surface area contributed by atoms with Crippen LogP contribution in [0.3, 0.4) is 0 Å². The minimum atomic E-state index is -1.22. The fourth-order valence-electron chi connectivity index (χ4n) is 3.27. The second-order valence-electron chi connectivity index (χ2n) is 6.65. The number of imidazole rings is 1. The van der Waals surface area contributed by atoms with Crippen LogP contribution in [-0.2, 0) is 0 Å². The first-order valence-electron chi connectivity index (χ1n) is 9.08. The predicted octanol–water partition coefficient (Wildman–Crippen LogP) is 4.66. The van der Waals surface area contributed by atoms with Crippen LogP contribution in [0, 0.1) is 31.3 Å². The average molecular weight is 410 g/mol. The number of benzene rings is 3. The highest BCUT2D eigenvalue weighted by Crippen LogP contribution is 2.35. The molecule has 0 saturated carbocycles. The molecule has 0 aliphatic rings. The first-order chi connectivity index (χ1) is 14.0. The molecular formula is C23H18F3N2P. The van der Waals surface area contributed by atoms with E-state index in [0.29, 0.717) is 23.0 Å². The van der Waals surface area contributed by atoms with E-state index in [1.54, 1.807) is 11.5 Å². The van der Waals surface area contributed by atoms with E-state index in [9.17, 15) is 13.2 Å². The van der Waals surface area contributed by atoms with Gasteiger partial charge >= 0.3 is 0 Å². The van der Waals surface area contributed by atoms with Gasteiger partial charge in [0.1, 0.15) is 11.4 Å². The molecule has 0 aliphatic carbocycles. The van der Waals surface area contributed by atoms with Crippen molar-refractivity contribution in [3.8, 4) is 5.69 Å². The Kier molecular flexibility index (Phi) is 5.25. The van der Waals surface area contributed by atoms with E-state index < -0.39 is 25.4 Å². The van der Waals surface area contributed by atoms with Crippen molar-refractivity contribution in [2.45, 2.75) is 13.8 Å². The van der Waals surface area contributed by atoms with Gasteiger partial charge in [-0.2, -0.15) is 0 Å². The Balaban J connectivity index is 2.03. The molecular weight excluding hydrogens is 392 g/mol. The first-order valence-corrected chi connectivity index (χ1v) is 10.4. The second kappa shape index (κ2) is 7.84. The van der Waals surface area contributed by atoms with Crippen molar-refractivity contribution < 1.29 is 13.2 Å². The van der Waals surface area contributed by atoms with Crippen molar-refractivity contribution in [2.75, 3.05) is 0 Å². The average Bonchev–Trinajstić information content (AvgIpc) is 3.01. The quantitative estimate of drug-likeness (QED) is 0.353. The summed E-state index contributed by atoms with van der Waals surface area (Å²) in [6.45, 7) is 3.59. The summed E-state index contributed by atoms with van der Waals surface area (Å²) < 4.78 is 44.2. The van der Waals surface area contributed by atoms with Gasteiger partial charge in [0.2, 0.25) is 0 Å². The van der Waals surface area contributed by atoms with Crippen LogP contribution in [0.15, 0.2) is 72.8 Å². The largest absolute Gasteiger partial charge is 0.293 e. The van der Waals surface area contributed by atoms with Crippen molar-refractivity contribution >= 4 is 24.1 Å². The molecule has 0 amide bonds. The molecule has 0 spiro atoms. The van der Waals surface area contributed by atoms with E-state index in [4.69, 9.17) is 4.98 Å². The Bertz CT molecular complexity index is 1120. The van der Waals surface area contributed by atoms with E-state index in [0.717, 1.165) is 16.7 Å². The smallest absolute Gasteiger partial charge is 0.183 e. The van der Waals surface area contributed by atoms with Crippen LogP contribution >= 0.6 is 7.92 Å². The Hall–Kier alpha value is -2.91. The zero-order valence-electron chi connectivity index (χ0n) is 15.9. The van der Waals surface area contributed by atoms with E-state index in [2.05, 4.69) is 0 Å². The van der Waals surface area contributed by atoms with Gasteiger partial charge in [0.05, 0.1) is 11.4 Å². The van der Waals surface area contributed by atoms with Gasteiger partial charge < -0.3 is 0 Å². The molecule has 146 valence electrons. The topological polar surface area (TPSA) is 17.8 Å². The predicted molar refractivity (Wildman–Crippen MR) is 112 cm³/mol. The monoisotopic (exact) mass is 410 g/mol. The molecule has 0 bridgehead atoms. The second-order valence-corrected chi connectivity index (χ2v) is 8.75. The molecule has 3 aromatic carbocycles. The third-order valence-corrected chi connectivity index (χ3v) is 7.10. The summed E-state index contributed by atoms with van der Waals surface area (Å²) in [6.07, 6.45) is 0. The third kappa shape index (κ3) is 3.58. The van der Waals surface area contributed by atoms with Crippen LogP contribution in [0.2, 0.25) is 0 Å². The van der Waals surface area contributed by atoms with Gasteiger partial charge in [0.25, 0.3) is 0 Å². The number of rotatable bonds is 4. The highest BCUT2D eigenvalue weighted by molar-refractivity contribution is 7.79. The fraction of sp³-hybridized carbons (Fsp3) is 0.0870. The number of hydrogen-bond donors (Lipinski definition) is 0. The van der Waals surface area contributed by atoms with Crippen LogP contribution < -0.4 is 16.2 Å². The van der Waals surface area contributed by atoms with Crippen molar-refractivity contribution in [1.29, 1.82) is 0 Å². The molecule has 0 atom stereocenters. The molecule has 29 heavy (non-hydrogen) atoms. The third-order valence-electron chi connectivity index (χ3n) is 4.77. The lowest BCUT2D eigenvalue weighted by atomic mass is 10.2. The van der Waals surface area contributed by atoms with Crippen LogP contribution in [0.4, 0.5) is 13.2 Å². The summed E-state index contributed by atoms with van der Waals surface area (Å²) in [4.78, 5) is 4.72. The number of aromatic nitrogens is 2. The van der Waals surface area contributed by atoms with E-state index in [-0.39, 0.29) is 5.69 Å². The summed E-state index contributed by atoms with van der Waals surface area (Å²) in [5, 5.41) is 2.02. The summed E-state index contributed by atoms with van der Waals surface area (Å²) >= 11 is 0. The maximum absolute atomic E-state index is 14.7. The van der Waals surface area contributed by atoms with E-state index >= 15 is 0 Å². The maximum Gasteiger partial charge on any atom is 0.183 e. The molecule has 0 saturated heterocycles. The highest BCUT2D eigenvalue weighted by Gasteiger charge is 2.27. The van der Waals surface area contributed by atoms with Gasteiger partial charge in [0, 0.05) is 25.7 Å². The van der Waals surface area contributed by atoms with Gasteiger partial charge in [-0.25, -0.2) is 18.2 Å². The van der Waals surface area contributed by atoms with Crippen LogP contribution in [0.5, 0.6) is 0 Å². The molecule has 0 unspecified atom stereocenters. The van der Waals surface area contributed by atoms with Gasteiger partial charge in [-0.1, -0.05) is 60.7 Å². The van der Waals surface area contributed by atoms with Crippen molar-refractivity contribution in [3.63, 3.8) is 0 Å². The molecule has 0 aliphatic heterocycles. The molecule has 1 heterocycles. The summed E-state index contributed by atoms with van der Waals surface area (Å²) in [5.41, 5.74) is 1.72. The van der Waals surface area contributed by atoms with Crippen LogP contribution in [0.25, 0.3) is 5.69 Å². The number of aryl methyl sites for hydroxylation is 1. The lowest BCUT2D eigenvalue weighted by Crippen LogP contribution is -2.28. The van der Waals surface area contributed by atoms with Crippen molar-refractivity contribution in [3.05, 3.63) is 102 Å². The standard InChI is InChI=1S/C23H18F3N2P/c1-15-16(2)28(21-14-17(24)13-20(25)22(21)26)23(27-15)29(18-9-5-3-6-10-18)19-11-7-4-8-12-19/h3-14H,1-2H3. The summed E-state index contributed by atoms with van der Waals surface area (Å²) in [5.74, 6) is -3.15. The lowest BCUT2D eigenvalue weighted by molar-refractivity contribution is 0.490. The zero-order valence-corrected chi connectivity index (χ0v) is 16.8. The molecule has 1 aromatic heterocycles.